The molecular weight excluding hydrogens is 342 g/mol. The van der Waals surface area contributed by atoms with Gasteiger partial charge in [-0.3, -0.25) is 9.78 Å². The van der Waals surface area contributed by atoms with E-state index in [0.29, 0.717) is 11.6 Å². The van der Waals surface area contributed by atoms with Gasteiger partial charge in [-0.15, -0.1) is 0 Å². The summed E-state index contributed by atoms with van der Waals surface area (Å²) in [4.78, 5) is 24.1. The van der Waals surface area contributed by atoms with E-state index >= 15 is 0 Å². The molecule has 0 aliphatic carbocycles. The number of aromatic nitrogens is 1. The first-order chi connectivity index (χ1) is 13.2. The Morgan fingerprint density at radius 1 is 1.15 bits per heavy atom. The lowest BCUT2D eigenvalue weighted by Crippen LogP contribution is -2.57. The smallest absolute Gasteiger partial charge is 0.270 e. The molecule has 144 valence electrons. The summed E-state index contributed by atoms with van der Waals surface area (Å²) in [6, 6.07) is 4.06. The van der Waals surface area contributed by atoms with Gasteiger partial charge in [0.25, 0.3) is 5.91 Å². The Balaban J connectivity index is 1.31. The molecule has 0 aromatic carbocycles. The number of rotatable bonds is 3. The molecule has 4 fully saturated rings. The second-order valence-corrected chi connectivity index (χ2v) is 8.20. The van der Waals surface area contributed by atoms with Crippen LogP contribution in [-0.4, -0.2) is 79.6 Å². The van der Waals surface area contributed by atoms with Crippen LogP contribution in [-0.2, 0) is 0 Å². The largest absolute Gasteiger partial charge is 0.440 e. The van der Waals surface area contributed by atoms with Crippen molar-refractivity contribution in [1.82, 2.24) is 20.1 Å². The highest BCUT2D eigenvalue weighted by Crippen LogP contribution is 2.29. The third-order valence-electron chi connectivity index (χ3n) is 6.41. The van der Waals surface area contributed by atoms with Crippen LogP contribution < -0.4 is 10.2 Å². The van der Waals surface area contributed by atoms with E-state index in [2.05, 4.69) is 32.0 Å². The number of hydrogen-bond donors (Lipinski definition) is 1. The molecule has 4 saturated heterocycles. The number of nitrogens with one attached hydrogen (secondary N) is 1. The molecule has 2 aromatic heterocycles. The molecule has 1 unspecified atom stereocenters. The van der Waals surface area contributed by atoms with Gasteiger partial charge in [0.1, 0.15) is 11.3 Å². The molecular formula is C20H27N5O2. The summed E-state index contributed by atoms with van der Waals surface area (Å²) in [5.74, 6) is 1.39. The molecule has 1 atom stereocenters. The lowest BCUT2D eigenvalue weighted by atomic mass is 9.84. The van der Waals surface area contributed by atoms with Crippen LogP contribution in [0.15, 0.2) is 22.7 Å². The van der Waals surface area contributed by atoms with Crippen molar-refractivity contribution in [3.8, 4) is 0 Å². The minimum absolute atomic E-state index is 0.0896. The monoisotopic (exact) mass is 369 g/mol. The molecule has 1 N–H and O–H groups in total. The first kappa shape index (κ1) is 17.0. The molecule has 2 bridgehead atoms. The van der Waals surface area contributed by atoms with Crippen molar-refractivity contribution in [3.63, 3.8) is 0 Å². The molecule has 0 saturated carbocycles. The predicted octanol–water partition coefficient (Wildman–Crippen LogP) is 1.40. The molecule has 4 aliphatic rings. The second-order valence-electron chi connectivity index (χ2n) is 8.20. The van der Waals surface area contributed by atoms with E-state index in [4.69, 9.17) is 4.42 Å². The zero-order valence-corrected chi connectivity index (χ0v) is 15.9. The molecule has 0 radical (unpaired) electrons. The number of nitrogens with zero attached hydrogens (tertiary/aromatic N) is 4. The number of carbonyl (C=O) groups is 1. The highest BCUT2D eigenvalue weighted by molar-refractivity contribution is 5.95. The molecule has 2 aromatic rings. The fraction of sp³-hybridized carbons (Fsp3) is 0.600. The number of piperidine rings is 3. The Morgan fingerprint density at radius 2 is 1.93 bits per heavy atom. The molecule has 7 heteroatoms. The fourth-order valence-corrected chi connectivity index (χ4v) is 4.60. The van der Waals surface area contributed by atoms with Gasteiger partial charge in [-0.1, -0.05) is 0 Å². The maximum absolute atomic E-state index is 12.7. The fourth-order valence-electron chi connectivity index (χ4n) is 4.60. The van der Waals surface area contributed by atoms with Gasteiger partial charge < -0.3 is 24.4 Å². The lowest BCUT2D eigenvalue weighted by Gasteiger charge is -2.44. The summed E-state index contributed by atoms with van der Waals surface area (Å²) in [7, 11) is 2.14. The summed E-state index contributed by atoms with van der Waals surface area (Å²) < 4.78 is 6.05. The Bertz CT molecular complexity index is 834. The van der Waals surface area contributed by atoms with Gasteiger partial charge in [0.15, 0.2) is 5.88 Å². The minimum atomic E-state index is -0.0896. The summed E-state index contributed by atoms with van der Waals surface area (Å²) in [5, 5.41) is 4.15. The zero-order valence-electron chi connectivity index (χ0n) is 15.9. The van der Waals surface area contributed by atoms with E-state index in [1.807, 2.05) is 6.07 Å². The average molecular weight is 369 g/mol. The topological polar surface area (TPSA) is 64.8 Å². The van der Waals surface area contributed by atoms with E-state index in [9.17, 15) is 4.79 Å². The number of amides is 1. The average Bonchev–Trinajstić information content (AvgIpc) is 3.12. The van der Waals surface area contributed by atoms with Crippen molar-refractivity contribution in [2.45, 2.75) is 18.9 Å². The van der Waals surface area contributed by atoms with Gasteiger partial charge in [-0.25, -0.2) is 0 Å². The van der Waals surface area contributed by atoms with Gasteiger partial charge in [0, 0.05) is 62.5 Å². The second kappa shape index (κ2) is 6.80. The first-order valence-corrected chi connectivity index (χ1v) is 10.0. The summed E-state index contributed by atoms with van der Waals surface area (Å²) in [5.41, 5.74) is 1.18. The van der Waals surface area contributed by atoms with Gasteiger partial charge in [-0.05, 0) is 38.9 Å². The number of likely N-dealkylation sites (N-methyl/N-ethyl adjacent to an activating group) is 1. The lowest BCUT2D eigenvalue weighted by molar-refractivity contribution is 0.0618. The Hall–Kier alpha value is -2.12. The van der Waals surface area contributed by atoms with Crippen LogP contribution in [0, 0.1) is 5.92 Å². The predicted molar refractivity (Wildman–Crippen MR) is 104 cm³/mol. The minimum Gasteiger partial charge on any atom is -0.440 e. The number of piperazine rings is 1. The van der Waals surface area contributed by atoms with E-state index in [-0.39, 0.29) is 11.9 Å². The summed E-state index contributed by atoms with van der Waals surface area (Å²) in [6.45, 7) is 7.27. The Kier molecular flexibility index (Phi) is 4.28. The maximum atomic E-state index is 12.7. The molecule has 27 heavy (non-hydrogen) atoms. The SMILES string of the molecule is CN1CCN(c2cc3cnc(C(=O)NC4CN5CCC4CC5)cc3o2)CC1. The van der Waals surface area contributed by atoms with E-state index in [0.717, 1.165) is 49.6 Å². The van der Waals surface area contributed by atoms with Gasteiger partial charge in [0.2, 0.25) is 0 Å². The van der Waals surface area contributed by atoms with Crippen molar-refractivity contribution in [1.29, 1.82) is 0 Å². The highest BCUT2D eigenvalue weighted by atomic mass is 16.4. The highest BCUT2D eigenvalue weighted by Gasteiger charge is 2.35. The van der Waals surface area contributed by atoms with E-state index < -0.39 is 0 Å². The number of pyridine rings is 1. The standard InChI is InChI=1S/C20H27N5O2/c1-23-6-8-25(9-7-23)19-10-15-12-21-16(11-18(15)27-19)20(26)22-17-13-24-4-2-14(17)3-5-24/h10-12,14,17H,2-9,13H2,1H3,(H,22,26). The number of carbonyl (C=O) groups excluding carboxylic acids is 1. The van der Waals surface area contributed by atoms with E-state index in [1.165, 1.54) is 25.9 Å². The zero-order chi connectivity index (χ0) is 18.4. The summed E-state index contributed by atoms with van der Waals surface area (Å²) in [6.07, 6.45) is 4.12. The molecule has 4 aliphatic heterocycles. The van der Waals surface area contributed by atoms with Crippen molar-refractivity contribution in [2.24, 2.45) is 5.92 Å². The molecule has 6 heterocycles. The van der Waals surface area contributed by atoms with Gasteiger partial charge in [-0.2, -0.15) is 0 Å². The number of anilines is 1. The number of hydrogen-bond acceptors (Lipinski definition) is 6. The van der Waals surface area contributed by atoms with E-state index in [1.54, 1.807) is 12.3 Å². The molecule has 0 spiro atoms. The summed E-state index contributed by atoms with van der Waals surface area (Å²) >= 11 is 0. The molecule has 1 amide bonds. The Morgan fingerprint density at radius 3 is 2.63 bits per heavy atom. The number of furan rings is 1. The van der Waals surface area contributed by atoms with Crippen LogP contribution in [0.4, 0.5) is 5.88 Å². The van der Waals surface area contributed by atoms with Crippen LogP contribution in [0.2, 0.25) is 0 Å². The third-order valence-corrected chi connectivity index (χ3v) is 6.41. The van der Waals surface area contributed by atoms with Crippen LogP contribution in [0.25, 0.3) is 11.0 Å². The van der Waals surface area contributed by atoms with Crippen molar-refractivity contribution in [2.75, 3.05) is 57.8 Å². The molecule has 6 rings (SSSR count). The Labute approximate surface area is 159 Å². The van der Waals surface area contributed by atoms with Crippen LogP contribution >= 0.6 is 0 Å². The van der Waals surface area contributed by atoms with Crippen LogP contribution in [0.5, 0.6) is 0 Å². The normalized spacial score (nSPS) is 28.6. The first-order valence-electron chi connectivity index (χ1n) is 10.0. The van der Waals surface area contributed by atoms with Crippen molar-refractivity contribution < 1.29 is 9.21 Å². The van der Waals surface area contributed by atoms with Gasteiger partial charge in [0.05, 0.1) is 0 Å². The molecule has 7 nitrogen and oxygen atoms in total. The van der Waals surface area contributed by atoms with Gasteiger partial charge >= 0.3 is 0 Å². The van der Waals surface area contributed by atoms with Crippen molar-refractivity contribution in [3.05, 3.63) is 24.0 Å². The van der Waals surface area contributed by atoms with Crippen LogP contribution in [0.1, 0.15) is 23.3 Å². The maximum Gasteiger partial charge on any atom is 0.270 e. The number of fused-ring (bicyclic) bond motifs is 4. The third kappa shape index (κ3) is 3.30. The van der Waals surface area contributed by atoms with Crippen molar-refractivity contribution >= 4 is 22.8 Å². The quantitative estimate of drug-likeness (QED) is 0.882. The van der Waals surface area contributed by atoms with Crippen LogP contribution in [0.3, 0.4) is 0 Å².